The fourth-order valence-corrected chi connectivity index (χ4v) is 1.31. The van der Waals surface area contributed by atoms with Crippen LogP contribution in [0.4, 0.5) is 5.69 Å². The van der Waals surface area contributed by atoms with Gasteiger partial charge in [-0.25, -0.2) is 0 Å². The molecule has 0 atom stereocenters. The molecule has 0 unspecified atom stereocenters. The predicted molar refractivity (Wildman–Crippen MR) is 45.9 cm³/mol. The van der Waals surface area contributed by atoms with Crippen LogP contribution in [-0.2, 0) is 4.79 Å². The Labute approximate surface area is 75.3 Å². The normalized spacial score (nSPS) is 19.2. The third-order valence-corrected chi connectivity index (χ3v) is 2.39. The lowest BCUT2D eigenvalue weighted by Crippen LogP contribution is -2.56. The van der Waals surface area contributed by atoms with Gasteiger partial charge in [-0.2, -0.15) is 0 Å². The zero-order valence-corrected chi connectivity index (χ0v) is 7.12. The number of anilines is 1. The summed E-state index contributed by atoms with van der Waals surface area (Å²) in [6.45, 7) is 0. The van der Waals surface area contributed by atoms with Gasteiger partial charge in [0.15, 0.2) is 0 Å². The number of aromatic nitrogens is 1. The molecule has 1 saturated carbocycles. The molecular formula is C8H11N3O2. The molecule has 1 fully saturated rings. The van der Waals surface area contributed by atoms with Gasteiger partial charge in [0.1, 0.15) is 12.0 Å². The van der Waals surface area contributed by atoms with Crippen LogP contribution in [0.25, 0.3) is 0 Å². The average molecular weight is 181 g/mol. The molecule has 5 heteroatoms. The highest BCUT2D eigenvalue weighted by molar-refractivity contribution is 5.98. The number of hydrogen-bond acceptors (Lipinski definition) is 4. The van der Waals surface area contributed by atoms with E-state index in [1.54, 1.807) is 0 Å². The number of nitrogens with one attached hydrogen (secondary N) is 1. The fourth-order valence-electron chi connectivity index (χ4n) is 1.31. The number of carbonyl (C=O) groups is 1. The van der Waals surface area contributed by atoms with Crippen molar-refractivity contribution in [2.24, 2.45) is 5.73 Å². The number of nitrogens with two attached hydrogens (primary N) is 1. The smallest absolute Gasteiger partial charge is 0.244 e. The van der Waals surface area contributed by atoms with E-state index in [9.17, 15) is 4.79 Å². The molecule has 1 aromatic rings. The Morgan fingerprint density at radius 1 is 1.69 bits per heavy atom. The van der Waals surface area contributed by atoms with Crippen molar-refractivity contribution in [3.63, 3.8) is 0 Å². The maximum atomic E-state index is 11.5. The van der Waals surface area contributed by atoms with Crippen molar-refractivity contribution < 1.29 is 9.32 Å². The third-order valence-electron chi connectivity index (χ3n) is 2.39. The molecule has 5 nitrogen and oxygen atoms in total. The molecule has 3 N–H and O–H groups in total. The predicted octanol–water partition coefficient (Wildman–Crippen LogP) is 0.494. The van der Waals surface area contributed by atoms with Crippen molar-refractivity contribution in [2.75, 3.05) is 5.32 Å². The Morgan fingerprint density at radius 2 is 2.46 bits per heavy atom. The molecule has 0 bridgehead atoms. The second-order valence-electron chi connectivity index (χ2n) is 3.38. The van der Waals surface area contributed by atoms with Gasteiger partial charge in [-0.05, 0) is 19.3 Å². The maximum Gasteiger partial charge on any atom is 0.244 e. The molecule has 1 heterocycles. The van der Waals surface area contributed by atoms with E-state index in [1.165, 1.54) is 12.5 Å². The second kappa shape index (κ2) is 2.85. The highest BCUT2D eigenvalue weighted by Crippen LogP contribution is 2.30. The molecule has 1 aliphatic carbocycles. The highest BCUT2D eigenvalue weighted by Gasteiger charge is 2.40. The molecule has 1 aliphatic rings. The molecular weight excluding hydrogens is 170 g/mol. The summed E-state index contributed by atoms with van der Waals surface area (Å²) in [5, 5.41) is 6.11. The molecule has 0 spiro atoms. The molecule has 0 radical (unpaired) electrons. The Bertz CT molecular complexity index is 303. The Kier molecular flexibility index (Phi) is 1.81. The Balaban J connectivity index is 1.99. The highest BCUT2D eigenvalue weighted by atomic mass is 16.5. The lowest BCUT2D eigenvalue weighted by molar-refractivity contribution is -0.123. The zero-order chi connectivity index (χ0) is 9.31. The Morgan fingerprint density at radius 3 is 2.92 bits per heavy atom. The monoisotopic (exact) mass is 181 g/mol. The van der Waals surface area contributed by atoms with E-state index in [4.69, 9.17) is 5.73 Å². The van der Waals surface area contributed by atoms with E-state index in [0.717, 1.165) is 19.3 Å². The van der Waals surface area contributed by atoms with Gasteiger partial charge in [-0.1, -0.05) is 5.16 Å². The van der Waals surface area contributed by atoms with Crippen LogP contribution in [0.3, 0.4) is 0 Å². The van der Waals surface area contributed by atoms with Crippen LogP contribution in [0, 0.1) is 0 Å². The topological polar surface area (TPSA) is 81.2 Å². The molecule has 2 rings (SSSR count). The maximum absolute atomic E-state index is 11.5. The van der Waals surface area contributed by atoms with E-state index in [2.05, 4.69) is 15.0 Å². The first-order valence-electron chi connectivity index (χ1n) is 4.20. The van der Waals surface area contributed by atoms with E-state index in [1.807, 2.05) is 0 Å². The number of rotatable bonds is 2. The zero-order valence-electron chi connectivity index (χ0n) is 7.12. The molecule has 0 aliphatic heterocycles. The van der Waals surface area contributed by atoms with Gasteiger partial charge < -0.3 is 15.6 Å². The van der Waals surface area contributed by atoms with Crippen LogP contribution in [0.15, 0.2) is 17.0 Å². The first-order chi connectivity index (χ1) is 6.21. The lowest BCUT2D eigenvalue weighted by atomic mass is 9.77. The van der Waals surface area contributed by atoms with Gasteiger partial charge in [0.05, 0.1) is 11.7 Å². The van der Waals surface area contributed by atoms with Gasteiger partial charge in [0.25, 0.3) is 0 Å². The molecule has 70 valence electrons. The minimum atomic E-state index is -0.669. The van der Waals surface area contributed by atoms with Gasteiger partial charge in [0.2, 0.25) is 5.91 Å². The van der Waals surface area contributed by atoms with E-state index in [0.29, 0.717) is 5.69 Å². The van der Waals surface area contributed by atoms with Gasteiger partial charge >= 0.3 is 0 Å². The third kappa shape index (κ3) is 1.42. The first kappa shape index (κ1) is 8.25. The van der Waals surface area contributed by atoms with Crippen LogP contribution >= 0.6 is 0 Å². The number of amides is 1. The molecule has 0 aromatic carbocycles. The van der Waals surface area contributed by atoms with Gasteiger partial charge in [-0.15, -0.1) is 0 Å². The van der Waals surface area contributed by atoms with Crippen LogP contribution in [-0.4, -0.2) is 16.6 Å². The van der Waals surface area contributed by atoms with Crippen LogP contribution in [0.2, 0.25) is 0 Å². The van der Waals surface area contributed by atoms with Gasteiger partial charge in [0, 0.05) is 0 Å². The molecule has 1 aromatic heterocycles. The summed E-state index contributed by atoms with van der Waals surface area (Å²) in [4.78, 5) is 11.5. The molecule has 13 heavy (non-hydrogen) atoms. The number of nitrogens with zero attached hydrogens (tertiary/aromatic N) is 1. The number of hydrogen-bond donors (Lipinski definition) is 2. The summed E-state index contributed by atoms with van der Waals surface area (Å²) in [5.41, 5.74) is 5.69. The second-order valence-corrected chi connectivity index (χ2v) is 3.38. The largest absolute Gasteiger partial charge is 0.363 e. The SMILES string of the molecule is NC1(C(=O)Nc2cnoc2)CCC1. The summed E-state index contributed by atoms with van der Waals surface area (Å²) in [6, 6.07) is 0. The van der Waals surface area contributed by atoms with E-state index in [-0.39, 0.29) is 5.91 Å². The van der Waals surface area contributed by atoms with Crippen molar-refractivity contribution in [2.45, 2.75) is 24.8 Å². The summed E-state index contributed by atoms with van der Waals surface area (Å²) in [5.74, 6) is -0.151. The quantitative estimate of drug-likeness (QED) is 0.695. The average Bonchev–Trinajstić information content (AvgIpc) is 2.52. The number of carbonyl (C=O) groups excluding carboxylic acids is 1. The fraction of sp³-hybridized carbons (Fsp3) is 0.500. The van der Waals surface area contributed by atoms with Crippen molar-refractivity contribution in [3.8, 4) is 0 Å². The summed E-state index contributed by atoms with van der Waals surface area (Å²) in [6.07, 6.45) is 5.35. The minimum Gasteiger partial charge on any atom is -0.363 e. The minimum absolute atomic E-state index is 0.151. The van der Waals surface area contributed by atoms with Crippen LogP contribution in [0.5, 0.6) is 0 Å². The van der Waals surface area contributed by atoms with Crippen molar-refractivity contribution in [1.82, 2.24) is 5.16 Å². The lowest BCUT2D eigenvalue weighted by Gasteiger charge is -2.35. The van der Waals surface area contributed by atoms with Crippen molar-refractivity contribution >= 4 is 11.6 Å². The van der Waals surface area contributed by atoms with Crippen molar-refractivity contribution in [3.05, 3.63) is 12.5 Å². The van der Waals surface area contributed by atoms with Crippen LogP contribution in [0.1, 0.15) is 19.3 Å². The first-order valence-corrected chi connectivity index (χ1v) is 4.20. The Hall–Kier alpha value is -1.36. The molecule has 1 amide bonds. The summed E-state index contributed by atoms with van der Waals surface area (Å²) >= 11 is 0. The molecule has 0 saturated heterocycles. The van der Waals surface area contributed by atoms with Crippen molar-refractivity contribution in [1.29, 1.82) is 0 Å². The standard InChI is InChI=1S/C8H11N3O2/c9-8(2-1-3-8)7(12)11-6-4-10-13-5-6/h4-5H,1-3,9H2,(H,11,12). The van der Waals surface area contributed by atoms with E-state index >= 15 is 0 Å². The summed E-state index contributed by atoms with van der Waals surface area (Å²) in [7, 11) is 0. The van der Waals surface area contributed by atoms with Gasteiger partial charge in [-0.3, -0.25) is 4.79 Å². The van der Waals surface area contributed by atoms with E-state index < -0.39 is 5.54 Å². The van der Waals surface area contributed by atoms with Crippen LogP contribution < -0.4 is 11.1 Å². The summed E-state index contributed by atoms with van der Waals surface area (Å²) < 4.78 is 4.57.